The summed E-state index contributed by atoms with van der Waals surface area (Å²) in [4.78, 5) is 26.5. The molecule has 0 unspecified atom stereocenters. The second-order valence-electron chi connectivity index (χ2n) is 5.53. The number of hydrogen-bond donors (Lipinski definition) is 2. The molecular weight excluding hydrogens is 375 g/mol. The molecule has 0 saturated carbocycles. The normalized spacial score (nSPS) is 11.5. The third-order valence-corrected chi connectivity index (χ3v) is 5.07. The molecule has 0 atom stereocenters. The van der Waals surface area contributed by atoms with Crippen LogP contribution >= 0.6 is 0 Å². The summed E-state index contributed by atoms with van der Waals surface area (Å²) in [5.41, 5.74) is 1.61. The van der Waals surface area contributed by atoms with Gasteiger partial charge < -0.3 is 0 Å². The number of aryl methyl sites for hydroxylation is 1. The quantitative estimate of drug-likeness (QED) is 0.636. The second-order valence-corrected chi connectivity index (χ2v) is 7.21. The number of carbonyl (C=O) groups excluding carboxylic acids is 1. The number of halogens is 1. The summed E-state index contributed by atoms with van der Waals surface area (Å²) in [6.07, 6.45) is 0. The Hall–Kier alpha value is -3.11. The maximum atomic E-state index is 12.9. The molecule has 0 bridgehead atoms. The van der Waals surface area contributed by atoms with Crippen molar-refractivity contribution < 1.29 is 17.6 Å². The average Bonchev–Trinajstić information content (AvgIpc) is 2.67. The van der Waals surface area contributed by atoms with Crippen molar-refractivity contribution in [3.8, 4) is 0 Å². The van der Waals surface area contributed by atoms with Gasteiger partial charge in [0, 0.05) is 11.9 Å². The van der Waals surface area contributed by atoms with Gasteiger partial charge >= 0.3 is 0 Å². The smallest absolute Gasteiger partial charge is 0.272 e. The lowest BCUT2D eigenvalue weighted by Crippen LogP contribution is -2.42. The molecule has 1 aromatic heterocycles. The number of amides is 1. The molecule has 0 aliphatic rings. The summed E-state index contributed by atoms with van der Waals surface area (Å²) in [6, 6.07) is 10.5. The van der Waals surface area contributed by atoms with Crippen molar-refractivity contribution in [2.24, 2.45) is 0 Å². The minimum atomic E-state index is -4.10. The summed E-state index contributed by atoms with van der Waals surface area (Å²) in [5.74, 6) is -1.42. The van der Waals surface area contributed by atoms with Crippen LogP contribution in [0.3, 0.4) is 0 Å². The first-order chi connectivity index (χ1) is 12.8. The lowest BCUT2D eigenvalue weighted by atomic mass is 10.1. The number of hydrazine groups is 1. The zero-order valence-electron chi connectivity index (χ0n) is 14.1. The van der Waals surface area contributed by atoms with Gasteiger partial charge in [-0.2, -0.15) is 5.10 Å². The number of aromatic nitrogens is 2. The van der Waals surface area contributed by atoms with E-state index in [2.05, 4.69) is 10.5 Å². The zero-order chi connectivity index (χ0) is 19.6. The lowest BCUT2D eigenvalue weighted by Gasteiger charge is -2.11. The molecule has 3 rings (SSSR count). The SMILES string of the molecule is CCn1nc(C(=O)NNS(=O)(=O)c2ccc(F)cc2)c2ccccc2c1=O. The molecule has 0 spiro atoms. The molecule has 0 aliphatic carbocycles. The average molecular weight is 390 g/mol. The van der Waals surface area contributed by atoms with E-state index in [-0.39, 0.29) is 22.7 Å². The van der Waals surface area contributed by atoms with Gasteiger partial charge in [-0.15, -0.1) is 4.83 Å². The van der Waals surface area contributed by atoms with Crippen LogP contribution in [0.5, 0.6) is 0 Å². The van der Waals surface area contributed by atoms with Crippen molar-refractivity contribution in [2.45, 2.75) is 18.4 Å². The number of carbonyl (C=O) groups is 1. The van der Waals surface area contributed by atoms with Crippen molar-refractivity contribution in [1.29, 1.82) is 0 Å². The highest BCUT2D eigenvalue weighted by Gasteiger charge is 2.19. The summed E-state index contributed by atoms with van der Waals surface area (Å²) in [7, 11) is -4.10. The molecule has 0 saturated heterocycles. The molecule has 140 valence electrons. The number of nitrogens with one attached hydrogen (secondary N) is 2. The van der Waals surface area contributed by atoms with Crippen molar-refractivity contribution in [3.63, 3.8) is 0 Å². The van der Waals surface area contributed by atoms with Crippen molar-refractivity contribution in [1.82, 2.24) is 20.0 Å². The predicted octanol–water partition coefficient (Wildman–Crippen LogP) is 1.18. The Kier molecular flexibility index (Phi) is 5.02. The molecular formula is C17H15FN4O4S. The molecule has 2 aromatic carbocycles. The Balaban J connectivity index is 1.92. The van der Waals surface area contributed by atoms with Crippen LogP contribution in [-0.4, -0.2) is 24.1 Å². The molecule has 0 aliphatic heterocycles. The molecule has 1 amide bonds. The minimum Gasteiger partial charge on any atom is -0.272 e. The van der Waals surface area contributed by atoms with Crippen LogP contribution in [0.25, 0.3) is 10.8 Å². The van der Waals surface area contributed by atoms with Gasteiger partial charge in [0.15, 0.2) is 5.69 Å². The highest BCUT2D eigenvalue weighted by molar-refractivity contribution is 7.89. The van der Waals surface area contributed by atoms with Crippen LogP contribution in [0.15, 0.2) is 58.2 Å². The maximum Gasteiger partial charge on any atom is 0.287 e. The van der Waals surface area contributed by atoms with E-state index in [1.54, 1.807) is 31.2 Å². The van der Waals surface area contributed by atoms with Gasteiger partial charge in [-0.3, -0.25) is 15.0 Å². The van der Waals surface area contributed by atoms with E-state index in [1.165, 1.54) is 0 Å². The fraction of sp³-hybridized carbons (Fsp3) is 0.118. The number of fused-ring (bicyclic) bond motifs is 1. The molecule has 8 nitrogen and oxygen atoms in total. The van der Waals surface area contributed by atoms with E-state index in [4.69, 9.17) is 0 Å². The molecule has 3 aromatic rings. The van der Waals surface area contributed by atoms with Crippen LogP contribution in [0.4, 0.5) is 4.39 Å². The van der Waals surface area contributed by atoms with Gasteiger partial charge in [0.05, 0.1) is 10.3 Å². The monoisotopic (exact) mass is 390 g/mol. The zero-order valence-corrected chi connectivity index (χ0v) is 15.0. The third-order valence-electron chi connectivity index (χ3n) is 3.81. The number of nitrogens with zero attached hydrogens (tertiary/aromatic N) is 2. The van der Waals surface area contributed by atoms with Crippen molar-refractivity contribution in [3.05, 3.63) is 70.4 Å². The first-order valence-corrected chi connectivity index (χ1v) is 9.39. The van der Waals surface area contributed by atoms with Crippen molar-refractivity contribution >= 4 is 26.7 Å². The molecule has 27 heavy (non-hydrogen) atoms. The summed E-state index contributed by atoms with van der Waals surface area (Å²) < 4.78 is 38.5. The van der Waals surface area contributed by atoms with Crippen LogP contribution in [-0.2, 0) is 16.6 Å². The first-order valence-electron chi connectivity index (χ1n) is 7.91. The molecule has 0 fully saturated rings. The number of rotatable bonds is 5. The van der Waals surface area contributed by atoms with Crippen molar-refractivity contribution in [2.75, 3.05) is 0 Å². The van der Waals surface area contributed by atoms with E-state index >= 15 is 0 Å². The first kappa shape index (κ1) is 18.7. The Morgan fingerprint density at radius 2 is 1.74 bits per heavy atom. The summed E-state index contributed by atoms with van der Waals surface area (Å²) >= 11 is 0. The Morgan fingerprint density at radius 1 is 1.11 bits per heavy atom. The molecule has 10 heteroatoms. The lowest BCUT2D eigenvalue weighted by molar-refractivity contribution is 0.0939. The van der Waals surface area contributed by atoms with E-state index in [0.717, 1.165) is 28.9 Å². The van der Waals surface area contributed by atoms with Crippen LogP contribution < -0.4 is 15.8 Å². The fourth-order valence-electron chi connectivity index (χ4n) is 2.46. The molecule has 0 radical (unpaired) electrons. The van der Waals surface area contributed by atoms with Gasteiger partial charge in [-0.05, 0) is 37.3 Å². The highest BCUT2D eigenvalue weighted by Crippen LogP contribution is 2.13. The van der Waals surface area contributed by atoms with Crippen LogP contribution in [0.1, 0.15) is 17.4 Å². The Labute approximate surface area is 153 Å². The summed E-state index contributed by atoms with van der Waals surface area (Å²) in [5, 5.41) is 4.60. The van der Waals surface area contributed by atoms with E-state index in [0.29, 0.717) is 10.8 Å². The highest BCUT2D eigenvalue weighted by atomic mass is 32.2. The van der Waals surface area contributed by atoms with Gasteiger partial charge in [0.25, 0.3) is 21.5 Å². The van der Waals surface area contributed by atoms with Crippen LogP contribution in [0.2, 0.25) is 0 Å². The fourth-order valence-corrected chi connectivity index (χ4v) is 3.30. The summed E-state index contributed by atoms with van der Waals surface area (Å²) in [6.45, 7) is 1.94. The predicted molar refractivity (Wildman–Crippen MR) is 95.9 cm³/mol. The molecule has 1 heterocycles. The van der Waals surface area contributed by atoms with Gasteiger partial charge in [-0.25, -0.2) is 17.5 Å². The second kappa shape index (κ2) is 7.25. The Morgan fingerprint density at radius 3 is 2.37 bits per heavy atom. The number of benzene rings is 2. The third kappa shape index (κ3) is 3.71. The van der Waals surface area contributed by atoms with E-state index < -0.39 is 21.7 Å². The maximum absolute atomic E-state index is 12.9. The number of sulfonamides is 1. The standard InChI is InChI=1S/C17H15FN4O4S/c1-2-22-17(24)14-6-4-3-5-13(14)15(20-22)16(23)19-21-27(25,26)12-9-7-11(18)8-10-12/h3-10,21H,2H2,1H3,(H,19,23). The van der Waals surface area contributed by atoms with Gasteiger partial charge in [0.2, 0.25) is 0 Å². The number of hydrogen-bond acceptors (Lipinski definition) is 5. The molecule has 2 N–H and O–H groups in total. The largest absolute Gasteiger partial charge is 0.287 e. The van der Waals surface area contributed by atoms with Crippen LogP contribution in [0, 0.1) is 5.82 Å². The minimum absolute atomic E-state index is 0.103. The topological polar surface area (TPSA) is 110 Å². The van der Waals surface area contributed by atoms with E-state index in [9.17, 15) is 22.4 Å². The van der Waals surface area contributed by atoms with E-state index in [1.807, 2.05) is 4.83 Å². The van der Waals surface area contributed by atoms with Gasteiger partial charge in [-0.1, -0.05) is 18.2 Å². The Bertz CT molecular complexity index is 1170. The van der Waals surface area contributed by atoms with Gasteiger partial charge in [0.1, 0.15) is 5.82 Å².